The van der Waals surface area contributed by atoms with Gasteiger partial charge in [0.1, 0.15) is 5.75 Å². The predicted octanol–water partition coefficient (Wildman–Crippen LogP) is 3.28. The van der Waals surface area contributed by atoms with Gasteiger partial charge in [0, 0.05) is 25.8 Å². The summed E-state index contributed by atoms with van der Waals surface area (Å²) in [4.78, 5) is 33.6. The molecule has 0 spiro atoms. The molecule has 3 heterocycles. The Balaban J connectivity index is 1.66. The van der Waals surface area contributed by atoms with Crippen LogP contribution in [0, 0.1) is 0 Å². The second-order valence-corrected chi connectivity index (χ2v) is 8.24. The molecule has 0 aliphatic carbocycles. The van der Waals surface area contributed by atoms with Gasteiger partial charge in [0.05, 0.1) is 13.2 Å². The highest BCUT2D eigenvalue weighted by molar-refractivity contribution is 5.76. The van der Waals surface area contributed by atoms with E-state index in [9.17, 15) is 9.59 Å². The lowest BCUT2D eigenvalue weighted by molar-refractivity contribution is 0.340. The van der Waals surface area contributed by atoms with Gasteiger partial charge in [-0.2, -0.15) is 4.98 Å². The van der Waals surface area contributed by atoms with Crippen molar-refractivity contribution in [2.45, 2.75) is 32.9 Å². The number of aromatic nitrogens is 4. The second kappa shape index (κ2) is 8.61. The van der Waals surface area contributed by atoms with Crippen LogP contribution in [0.1, 0.15) is 25.3 Å². The SMILES string of the molecule is CCOc1ccc(N2CCCCn3c2nc2c3c(=O)n(Cc3ccccc3)c(=O)n2C)cc1. The van der Waals surface area contributed by atoms with Crippen LogP contribution in [0.25, 0.3) is 11.2 Å². The monoisotopic (exact) mass is 445 g/mol. The highest BCUT2D eigenvalue weighted by atomic mass is 16.5. The van der Waals surface area contributed by atoms with E-state index in [0.717, 1.165) is 36.4 Å². The molecule has 170 valence electrons. The molecule has 8 heteroatoms. The van der Waals surface area contributed by atoms with Gasteiger partial charge in [-0.25, -0.2) is 4.79 Å². The van der Waals surface area contributed by atoms with Crippen molar-refractivity contribution >= 4 is 22.8 Å². The van der Waals surface area contributed by atoms with Gasteiger partial charge in [-0.3, -0.25) is 13.9 Å². The Bertz CT molecular complexity index is 1400. The third-order valence-electron chi connectivity index (χ3n) is 6.11. The van der Waals surface area contributed by atoms with E-state index in [0.29, 0.717) is 30.3 Å². The minimum atomic E-state index is -0.364. The lowest BCUT2D eigenvalue weighted by Gasteiger charge is -2.22. The third-order valence-corrected chi connectivity index (χ3v) is 6.11. The van der Waals surface area contributed by atoms with Crippen molar-refractivity contribution < 1.29 is 4.74 Å². The molecule has 0 saturated heterocycles. The Hall–Kier alpha value is -3.81. The number of ether oxygens (including phenoxy) is 1. The summed E-state index contributed by atoms with van der Waals surface area (Å²) < 4.78 is 10.3. The molecule has 2 aromatic carbocycles. The molecule has 4 aromatic rings. The zero-order chi connectivity index (χ0) is 22.9. The van der Waals surface area contributed by atoms with Crippen LogP contribution in [-0.4, -0.2) is 31.8 Å². The van der Waals surface area contributed by atoms with Crippen LogP contribution < -0.4 is 20.9 Å². The summed E-state index contributed by atoms with van der Waals surface area (Å²) in [6, 6.07) is 17.5. The van der Waals surface area contributed by atoms with Crippen LogP contribution in [0.15, 0.2) is 64.2 Å². The molecule has 0 bridgehead atoms. The van der Waals surface area contributed by atoms with Crippen LogP contribution in [0.5, 0.6) is 5.75 Å². The van der Waals surface area contributed by atoms with Crippen molar-refractivity contribution in [3.63, 3.8) is 0 Å². The first kappa shape index (κ1) is 21.1. The molecule has 8 nitrogen and oxygen atoms in total. The fourth-order valence-electron chi connectivity index (χ4n) is 4.46. The Morgan fingerprint density at radius 2 is 1.70 bits per heavy atom. The maximum atomic E-state index is 13.6. The zero-order valence-electron chi connectivity index (χ0n) is 18.9. The van der Waals surface area contributed by atoms with E-state index >= 15 is 0 Å². The number of benzene rings is 2. The van der Waals surface area contributed by atoms with Gasteiger partial charge in [0.15, 0.2) is 11.2 Å². The van der Waals surface area contributed by atoms with Gasteiger partial charge >= 0.3 is 5.69 Å². The standard InChI is InChI=1S/C25H27N5O3/c1-3-33-20-13-11-19(12-14-20)28-15-7-8-16-29-21-22(26-24(28)29)27(2)25(32)30(23(21)31)17-18-9-5-4-6-10-18/h4-6,9-14H,3,7-8,15-17H2,1-2H3. The van der Waals surface area contributed by atoms with Crippen molar-refractivity contribution in [2.75, 3.05) is 18.1 Å². The van der Waals surface area contributed by atoms with E-state index in [1.165, 1.54) is 9.13 Å². The molecule has 0 saturated carbocycles. The van der Waals surface area contributed by atoms with Crippen LogP contribution >= 0.6 is 0 Å². The molecule has 1 aliphatic rings. The van der Waals surface area contributed by atoms with E-state index in [-0.39, 0.29) is 17.8 Å². The van der Waals surface area contributed by atoms with E-state index < -0.39 is 0 Å². The Morgan fingerprint density at radius 1 is 0.970 bits per heavy atom. The molecule has 0 atom stereocenters. The first-order valence-corrected chi connectivity index (χ1v) is 11.3. The third kappa shape index (κ3) is 3.71. The first-order chi connectivity index (χ1) is 16.1. The normalized spacial score (nSPS) is 13.7. The highest BCUT2D eigenvalue weighted by Gasteiger charge is 2.26. The van der Waals surface area contributed by atoms with E-state index in [4.69, 9.17) is 9.72 Å². The van der Waals surface area contributed by atoms with Crippen molar-refractivity contribution in [3.8, 4) is 5.75 Å². The van der Waals surface area contributed by atoms with Crippen molar-refractivity contribution in [1.29, 1.82) is 0 Å². The summed E-state index contributed by atoms with van der Waals surface area (Å²) in [5, 5.41) is 0. The van der Waals surface area contributed by atoms with Gasteiger partial charge in [-0.05, 0) is 49.6 Å². The first-order valence-electron chi connectivity index (χ1n) is 11.3. The number of imidazole rings is 1. The molecule has 0 radical (unpaired) electrons. The summed E-state index contributed by atoms with van der Waals surface area (Å²) in [7, 11) is 1.68. The number of anilines is 2. The molecule has 33 heavy (non-hydrogen) atoms. The summed E-state index contributed by atoms with van der Waals surface area (Å²) >= 11 is 0. The van der Waals surface area contributed by atoms with Gasteiger partial charge in [0.25, 0.3) is 5.56 Å². The topological polar surface area (TPSA) is 74.3 Å². The molecule has 2 aromatic heterocycles. The smallest absolute Gasteiger partial charge is 0.332 e. The Kier molecular flexibility index (Phi) is 5.50. The maximum Gasteiger partial charge on any atom is 0.332 e. The largest absolute Gasteiger partial charge is 0.494 e. The van der Waals surface area contributed by atoms with Crippen LogP contribution in [-0.2, 0) is 20.1 Å². The van der Waals surface area contributed by atoms with Crippen molar-refractivity contribution in [1.82, 2.24) is 18.7 Å². The fraction of sp³-hybridized carbons (Fsp3) is 0.320. The number of hydrogen-bond acceptors (Lipinski definition) is 5. The summed E-state index contributed by atoms with van der Waals surface area (Å²) in [6.45, 7) is 4.26. The Morgan fingerprint density at radius 3 is 2.42 bits per heavy atom. The number of rotatable bonds is 5. The average Bonchev–Trinajstić information content (AvgIpc) is 3.09. The lowest BCUT2D eigenvalue weighted by atomic mass is 10.2. The summed E-state index contributed by atoms with van der Waals surface area (Å²) in [5.74, 6) is 1.51. The highest BCUT2D eigenvalue weighted by Crippen LogP contribution is 2.31. The van der Waals surface area contributed by atoms with Crippen LogP contribution in [0.4, 0.5) is 11.6 Å². The number of aryl methyl sites for hydroxylation is 2. The van der Waals surface area contributed by atoms with Gasteiger partial charge < -0.3 is 14.2 Å². The molecule has 0 fully saturated rings. The van der Waals surface area contributed by atoms with E-state index in [2.05, 4.69) is 4.90 Å². The van der Waals surface area contributed by atoms with Gasteiger partial charge in [-0.15, -0.1) is 0 Å². The van der Waals surface area contributed by atoms with Crippen molar-refractivity contribution in [3.05, 3.63) is 81.0 Å². The van der Waals surface area contributed by atoms with Gasteiger partial charge in [-0.1, -0.05) is 30.3 Å². The molecular weight excluding hydrogens is 418 g/mol. The number of nitrogens with zero attached hydrogens (tertiary/aromatic N) is 5. The van der Waals surface area contributed by atoms with Crippen LogP contribution in [0.2, 0.25) is 0 Å². The zero-order valence-corrected chi connectivity index (χ0v) is 18.9. The quantitative estimate of drug-likeness (QED) is 0.471. The summed E-state index contributed by atoms with van der Waals surface area (Å²) in [6.07, 6.45) is 1.90. The average molecular weight is 446 g/mol. The Labute approximate surface area is 191 Å². The van der Waals surface area contributed by atoms with Gasteiger partial charge in [0.2, 0.25) is 5.95 Å². The molecule has 5 rings (SSSR count). The minimum Gasteiger partial charge on any atom is -0.494 e. The number of hydrogen-bond donors (Lipinski definition) is 0. The lowest BCUT2D eigenvalue weighted by Crippen LogP contribution is -2.40. The van der Waals surface area contributed by atoms with E-state index in [1.807, 2.05) is 66.1 Å². The molecular formula is C25H27N5O3. The maximum absolute atomic E-state index is 13.6. The van der Waals surface area contributed by atoms with Crippen molar-refractivity contribution in [2.24, 2.45) is 7.05 Å². The molecule has 0 unspecified atom stereocenters. The van der Waals surface area contributed by atoms with Crippen LogP contribution in [0.3, 0.4) is 0 Å². The molecule has 0 N–H and O–H groups in total. The van der Waals surface area contributed by atoms with E-state index in [1.54, 1.807) is 7.05 Å². The predicted molar refractivity (Wildman–Crippen MR) is 129 cm³/mol. The number of fused-ring (bicyclic) bond motifs is 3. The second-order valence-electron chi connectivity index (χ2n) is 8.24. The molecule has 0 amide bonds. The summed E-state index contributed by atoms with van der Waals surface area (Å²) in [5.41, 5.74) is 2.11. The molecule has 1 aliphatic heterocycles. The minimum absolute atomic E-state index is 0.228. The fourth-order valence-corrected chi connectivity index (χ4v) is 4.46.